The van der Waals surface area contributed by atoms with E-state index in [1.807, 2.05) is 20.8 Å². The molecule has 0 amide bonds. The maximum absolute atomic E-state index is 12.2. The second kappa shape index (κ2) is 5.73. The Morgan fingerprint density at radius 2 is 2.05 bits per heavy atom. The molecule has 0 saturated heterocycles. The highest BCUT2D eigenvalue weighted by Crippen LogP contribution is 2.56. The van der Waals surface area contributed by atoms with E-state index in [4.69, 9.17) is 4.74 Å². The molecule has 2 saturated carbocycles. The first-order chi connectivity index (χ1) is 9.66. The van der Waals surface area contributed by atoms with Gasteiger partial charge in [-0.05, 0) is 63.7 Å². The van der Waals surface area contributed by atoms with Gasteiger partial charge in [0.1, 0.15) is 5.78 Å². The summed E-state index contributed by atoms with van der Waals surface area (Å²) < 4.78 is 5.51. The average Bonchev–Trinajstić information content (AvgIpc) is 2.73. The molecule has 0 N–H and O–H groups in total. The molecule has 21 heavy (non-hydrogen) atoms. The molecule has 0 heterocycles. The molecule has 2 aliphatic rings. The molecule has 0 radical (unpaired) electrons. The van der Waals surface area contributed by atoms with Gasteiger partial charge < -0.3 is 4.74 Å². The van der Waals surface area contributed by atoms with E-state index in [1.165, 1.54) is 0 Å². The van der Waals surface area contributed by atoms with E-state index in [0.29, 0.717) is 24.2 Å². The number of hydrogen-bond acceptors (Lipinski definition) is 3. The van der Waals surface area contributed by atoms with E-state index in [1.54, 1.807) is 0 Å². The van der Waals surface area contributed by atoms with Crippen LogP contribution in [0.4, 0.5) is 0 Å². The summed E-state index contributed by atoms with van der Waals surface area (Å²) in [6.45, 7) is 10.6. The lowest BCUT2D eigenvalue weighted by Crippen LogP contribution is -2.40. The van der Waals surface area contributed by atoms with Crippen LogP contribution in [0, 0.1) is 28.6 Å². The fraction of sp³-hybridized carbons (Fsp3) is 0.889. The van der Waals surface area contributed by atoms with Crippen LogP contribution in [-0.4, -0.2) is 18.4 Å². The number of fused-ring (bicyclic) bond motifs is 1. The first-order valence-corrected chi connectivity index (χ1v) is 8.36. The number of rotatable bonds is 3. The van der Waals surface area contributed by atoms with Crippen LogP contribution in [0.5, 0.6) is 0 Å². The van der Waals surface area contributed by atoms with Gasteiger partial charge in [-0.2, -0.15) is 0 Å². The quantitative estimate of drug-likeness (QED) is 0.739. The lowest BCUT2D eigenvalue weighted by molar-refractivity contribution is -0.155. The van der Waals surface area contributed by atoms with Crippen LogP contribution in [0.2, 0.25) is 0 Å². The van der Waals surface area contributed by atoms with E-state index >= 15 is 0 Å². The summed E-state index contributed by atoms with van der Waals surface area (Å²) in [7, 11) is 0. The molecule has 4 atom stereocenters. The Balaban J connectivity index is 1.98. The molecule has 0 aromatic heterocycles. The normalized spacial score (nSPS) is 34.4. The molecule has 0 spiro atoms. The Bertz CT molecular complexity index is 421. The van der Waals surface area contributed by atoms with E-state index in [9.17, 15) is 9.59 Å². The third-order valence-electron chi connectivity index (χ3n) is 5.71. The van der Waals surface area contributed by atoms with Crippen LogP contribution >= 0.6 is 0 Å². The Morgan fingerprint density at radius 3 is 2.67 bits per heavy atom. The van der Waals surface area contributed by atoms with Gasteiger partial charge in [-0.25, -0.2) is 0 Å². The SMILES string of the molecule is C[C@H](COC(=O)C(C)(C)C)[C@H]1CC[C@H]2C(=O)CCC[C@@]12C. The summed E-state index contributed by atoms with van der Waals surface area (Å²) in [5.74, 6) is 1.41. The van der Waals surface area contributed by atoms with Crippen LogP contribution in [0.1, 0.15) is 66.7 Å². The number of ketones is 1. The third kappa shape index (κ3) is 3.17. The highest BCUT2D eigenvalue weighted by Gasteiger charge is 2.52. The number of carbonyl (C=O) groups excluding carboxylic acids is 2. The zero-order chi connectivity index (χ0) is 15.8. The Hall–Kier alpha value is -0.860. The lowest BCUT2D eigenvalue weighted by Gasteiger charge is -2.42. The molecule has 2 rings (SSSR count). The minimum atomic E-state index is -0.442. The lowest BCUT2D eigenvalue weighted by atomic mass is 9.62. The first kappa shape index (κ1) is 16.5. The largest absolute Gasteiger partial charge is 0.465 e. The molecule has 0 aromatic rings. The molecule has 0 bridgehead atoms. The van der Waals surface area contributed by atoms with Crippen LogP contribution in [0.25, 0.3) is 0 Å². The fourth-order valence-electron chi connectivity index (χ4n) is 4.44. The number of esters is 1. The van der Waals surface area contributed by atoms with Crippen molar-refractivity contribution in [2.24, 2.45) is 28.6 Å². The van der Waals surface area contributed by atoms with Crippen molar-refractivity contribution in [3.05, 3.63) is 0 Å². The van der Waals surface area contributed by atoms with Crippen molar-refractivity contribution in [1.82, 2.24) is 0 Å². The monoisotopic (exact) mass is 294 g/mol. The minimum absolute atomic E-state index is 0.128. The highest BCUT2D eigenvalue weighted by atomic mass is 16.5. The van der Waals surface area contributed by atoms with Crippen molar-refractivity contribution >= 4 is 11.8 Å². The standard InChI is InChI=1S/C18H30O3/c1-12(11-21-16(20)17(2,3)4)13-8-9-14-15(19)7-6-10-18(13,14)5/h12-14H,6-11H2,1-5H3/t12-,13-,14+,18+/m1/s1. The zero-order valence-electron chi connectivity index (χ0n) is 14.2. The van der Waals surface area contributed by atoms with Gasteiger partial charge in [0, 0.05) is 12.3 Å². The average molecular weight is 294 g/mol. The fourth-order valence-corrected chi connectivity index (χ4v) is 4.44. The molecule has 3 heteroatoms. The van der Waals surface area contributed by atoms with Gasteiger partial charge in [0.25, 0.3) is 0 Å². The molecule has 0 unspecified atom stereocenters. The number of Topliss-reactive ketones (excluding diaryl/α,β-unsaturated/α-hetero) is 1. The third-order valence-corrected chi connectivity index (χ3v) is 5.71. The van der Waals surface area contributed by atoms with Gasteiger partial charge in [0.15, 0.2) is 0 Å². The summed E-state index contributed by atoms with van der Waals surface area (Å²) in [5, 5.41) is 0. The van der Waals surface area contributed by atoms with Gasteiger partial charge in [0.05, 0.1) is 12.0 Å². The van der Waals surface area contributed by atoms with Gasteiger partial charge in [-0.1, -0.05) is 13.8 Å². The minimum Gasteiger partial charge on any atom is -0.465 e. The summed E-state index contributed by atoms with van der Waals surface area (Å²) in [4.78, 5) is 24.1. The van der Waals surface area contributed by atoms with E-state index in [2.05, 4.69) is 13.8 Å². The van der Waals surface area contributed by atoms with Crippen LogP contribution in [0.15, 0.2) is 0 Å². The Morgan fingerprint density at radius 1 is 1.38 bits per heavy atom. The molecule has 0 aromatic carbocycles. The maximum atomic E-state index is 12.2. The number of carbonyl (C=O) groups is 2. The summed E-state index contributed by atoms with van der Waals surface area (Å²) in [5.41, 5.74) is -0.314. The van der Waals surface area contributed by atoms with Crippen molar-refractivity contribution in [2.45, 2.75) is 66.7 Å². The molecular weight excluding hydrogens is 264 g/mol. The summed E-state index contributed by atoms with van der Waals surface area (Å²) in [6, 6.07) is 0. The van der Waals surface area contributed by atoms with Crippen molar-refractivity contribution in [3.8, 4) is 0 Å². The second-order valence-corrected chi connectivity index (χ2v) is 8.39. The smallest absolute Gasteiger partial charge is 0.311 e. The van der Waals surface area contributed by atoms with Crippen molar-refractivity contribution in [1.29, 1.82) is 0 Å². The summed E-state index contributed by atoms with van der Waals surface area (Å²) in [6.07, 6.45) is 5.06. The maximum Gasteiger partial charge on any atom is 0.311 e. The number of hydrogen-bond donors (Lipinski definition) is 0. The van der Waals surface area contributed by atoms with E-state index < -0.39 is 5.41 Å². The van der Waals surface area contributed by atoms with Gasteiger partial charge >= 0.3 is 5.97 Å². The summed E-state index contributed by atoms with van der Waals surface area (Å²) >= 11 is 0. The van der Waals surface area contributed by atoms with Crippen LogP contribution < -0.4 is 0 Å². The van der Waals surface area contributed by atoms with E-state index in [-0.39, 0.29) is 17.3 Å². The molecular formula is C18H30O3. The van der Waals surface area contributed by atoms with Crippen LogP contribution in [-0.2, 0) is 14.3 Å². The van der Waals surface area contributed by atoms with Gasteiger partial charge in [0.2, 0.25) is 0 Å². The van der Waals surface area contributed by atoms with E-state index in [0.717, 1.165) is 32.1 Å². The highest BCUT2D eigenvalue weighted by molar-refractivity contribution is 5.83. The Labute approximate surface area is 128 Å². The van der Waals surface area contributed by atoms with Crippen molar-refractivity contribution < 1.29 is 14.3 Å². The molecule has 0 aliphatic heterocycles. The second-order valence-electron chi connectivity index (χ2n) is 8.39. The molecule has 3 nitrogen and oxygen atoms in total. The molecule has 2 aliphatic carbocycles. The first-order valence-electron chi connectivity index (χ1n) is 8.36. The molecule has 2 fully saturated rings. The predicted molar refractivity (Wildman–Crippen MR) is 82.8 cm³/mol. The zero-order valence-corrected chi connectivity index (χ0v) is 14.2. The molecule has 120 valence electrons. The van der Waals surface area contributed by atoms with Crippen molar-refractivity contribution in [3.63, 3.8) is 0 Å². The van der Waals surface area contributed by atoms with Gasteiger partial charge in [-0.3, -0.25) is 9.59 Å². The van der Waals surface area contributed by atoms with Gasteiger partial charge in [-0.15, -0.1) is 0 Å². The topological polar surface area (TPSA) is 43.4 Å². The Kier molecular flexibility index (Phi) is 4.51. The van der Waals surface area contributed by atoms with Crippen LogP contribution in [0.3, 0.4) is 0 Å². The van der Waals surface area contributed by atoms with Crippen molar-refractivity contribution in [2.75, 3.05) is 6.61 Å². The predicted octanol–water partition coefficient (Wildman–Crippen LogP) is 4.00. The number of ether oxygens (including phenoxy) is 1.